The molecule has 0 spiro atoms. The lowest BCUT2D eigenvalue weighted by Crippen LogP contribution is -2.29. The average molecular weight is 379 g/mol. The number of carbonyl (C=O) groups is 2. The molecule has 0 unspecified atom stereocenters. The predicted molar refractivity (Wildman–Crippen MR) is 96.5 cm³/mol. The van der Waals surface area contributed by atoms with Gasteiger partial charge in [-0.15, -0.1) is 0 Å². The van der Waals surface area contributed by atoms with Crippen molar-refractivity contribution in [2.75, 3.05) is 15.4 Å². The monoisotopic (exact) mass is 378 g/mol. The van der Waals surface area contributed by atoms with Gasteiger partial charge in [0.15, 0.2) is 0 Å². The van der Waals surface area contributed by atoms with Crippen LogP contribution in [0, 0.1) is 6.92 Å². The number of rotatable bonds is 3. The van der Waals surface area contributed by atoms with E-state index < -0.39 is 21.8 Å². The molecule has 2 aromatic carbocycles. The van der Waals surface area contributed by atoms with Crippen molar-refractivity contribution in [2.45, 2.75) is 13.3 Å². The molecule has 1 aliphatic heterocycles. The Morgan fingerprint density at radius 2 is 1.92 bits per heavy atom. The van der Waals surface area contributed by atoms with Crippen molar-refractivity contribution < 1.29 is 18.0 Å². The average Bonchev–Trinajstić information content (AvgIpc) is 2.85. The van der Waals surface area contributed by atoms with Crippen molar-refractivity contribution in [3.63, 3.8) is 0 Å². The van der Waals surface area contributed by atoms with Crippen LogP contribution in [0.5, 0.6) is 0 Å². The first kappa shape index (κ1) is 17.4. The fraction of sp³-hybridized carbons (Fsp3) is 0.176. The topological polar surface area (TPSA) is 83.6 Å². The van der Waals surface area contributed by atoms with Crippen LogP contribution in [0.1, 0.15) is 22.3 Å². The highest BCUT2D eigenvalue weighted by Gasteiger charge is 2.36. The van der Waals surface area contributed by atoms with Gasteiger partial charge in [-0.3, -0.25) is 9.59 Å². The number of nitrogens with zero attached hydrogens (tertiary/aromatic N) is 1. The molecular weight excluding hydrogens is 364 g/mol. The first-order valence-corrected chi connectivity index (χ1v) is 9.51. The molecule has 130 valence electrons. The van der Waals surface area contributed by atoms with Crippen LogP contribution in [0.25, 0.3) is 0 Å². The van der Waals surface area contributed by atoms with Crippen molar-refractivity contribution in [2.24, 2.45) is 0 Å². The minimum Gasteiger partial charge on any atom is -0.322 e. The molecule has 2 amide bonds. The second kappa shape index (κ2) is 6.50. The third kappa shape index (κ3) is 3.38. The third-order valence-corrected chi connectivity index (χ3v) is 6.04. The summed E-state index contributed by atoms with van der Waals surface area (Å²) in [6.07, 6.45) is -0.0551. The Morgan fingerprint density at radius 3 is 2.60 bits per heavy atom. The smallest absolute Gasteiger partial charge is 0.255 e. The standard InChI is InChI=1S/C17H15ClN2O4S/c1-11-14(18)6-3-7-15(11)19-17(22)12-4-2-5-13(10-12)20-16(21)8-9-25(20,23)24/h2-7,10H,8-9H2,1H3,(H,19,22). The lowest BCUT2D eigenvalue weighted by Gasteiger charge is -2.16. The molecule has 0 aromatic heterocycles. The molecule has 0 radical (unpaired) electrons. The number of hydrogen-bond donors (Lipinski definition) is 1. The summed E-state index contributed by atoms with van der Waals surface area (Å²) >= 11 is 6.04. The number of halogens is 1. The summed E-state index contributed by atoms with van der Waals surface area (Å²) in [5.74, 6) is -1.14. The van der Waals surface area contributed by atoms with Crippen LogP contribution in [0.15, 0.2) is 42.5 Å². The van der Waals surface area contributed by atoms with Crippen molar-refractivity contribution in [1.29, 1.82) is 0 Å². The number of anilines is 2. The van der Waals surface area contributed by atoms with E-state index in [4.69, 9.17) is 11.6 Å². The first-order valence-electron chi connectivity index (χ1n) is 7.52. The molecule has 8 heteroatoms. The molecule has 1 heterocycles. The molecular formula is C17H15ClN2O4S. The van der Waals surface area contributed by atoms with E-state index in [1.54, 1.807) is 31.2 Å². The molecule has 0 aliphatic carbocycles. The molecule has 3 rings (SSSR count). The molecule has 0 atom stereocenters. The summed E-state index contributed by atoms with van der Waals surface area (Å²) in [5, 5.41) is 3.27. The number of hydrogen-bond acceptors (Lipinski definition) is 4. The normalized spacial score (nSPS) is 16.1. The maximum Gasteiger partial charge on any atom is 0.255 e. The van der Waals surface area contributed by atoms with Gasteiger partial charge >= 0.3 is 0 Å². The lowest BCUT2D eigenvalue weighted by atomic mass is 10.1. The maximum atomic E-state index is 12.5. The van der Waals surface area contributed by atoms with Crippen LogP contribution < -0.4 is 9.62 Å². The highest BCUT2D eigenvalue weighted by atomic mass is 35.5. The lowest BCUT2D eigenvalue weighted by molar-refractivity contribution is -0.116. The Morgan fingerprint density at radius 1 is 1.20 bits per heavy atom. The fourth-order valence-corrected chi connectivity index (χ4v) is 4.21. The van der Waals surface area contributed by atoms with Gasteiger partial charge in [-0.1, -0.05) is 23.7 Å². The van der Waals surface area contributed by atoms with Gasteiger partial charge in [-0.2, -0.15) is 0 Å². The first-order chi connectivity index (χ1) is 11.8. The van der Waals surface area contributed by atoms with E-state index in [0.29, 0.717) is 10.7 Å². The highest BCUT2D eigenvalue weighted by molar-refractivity contribution is 7.94. The Bertz CT molecular complexity index is 972. The Kier molecular flexibility index (Phi) is 4.53. The van der Waals surface area contributed by atoms with Gasteiger partial charge in [-0.25, -0.2) is 12.7 Å². The highest BCUT2D eigenvalue weighted by Crippen LogP contribution is 2.27. The van der Waals surface area contributed by atoms with Crippen LogP contribution in [0.4, 0.5) is 11.4 Å². The molecule has 6 nitrogen and oxygen atoms in total. The van der Waals surface area contributed by atoms with Crippen molar-refractivity contribution in [3.05, 3.63) is 58.6 Å². The minimum absolute atomic E-state index is 0.0551. The van der Waals surface area contributed by atoms with Gasteiger partial charge in [0.2, 0.25) is 15.9 Å². The van der Waals surface area contributed by atoms with E-state index in [2.05, 4.69) is 5.32 Å². The number of sulfonamides is 1. The second-order valence-electron chi connectivity index (χ2n) is 5.64. The van der Waals surface area contributed by atoms with Gasteiger partial charge in [-0.05, 0) is 42.8 Å². The molecule has 2 aromatic rings. The number of nitrogens with one attached hydrogen (secondary N) is 1. The summed E-state index contributed by atoms with van der Waals surface area (Å²) in [7, 11) is -3.67. The largest absolute Gasteiger partial charge is 0.322 e. The number of amides is 2. The summed E-state index contributed by atoms with van der Waals surface area (Å²) in [5.41, 5.74) is 1.70. The van der Waals surface area contributed by atoms with Gasteiger partial charge < -0.3 is 5.32 Å². The summed E-state index contributed by atoms with van der Waals surface area (Å²) < 4.78 is 24.8. The van der Waals surface area contributed by atoms with Crippen LogP contribution in [-0.2, 0) is 14.8 Å². The van der Waals surface area contributed by atoms with E-state index in [9.17, 15) is 18.0 Å². The molecule has 1 aliphatic rings. The van der Waals surface area contributed by atoms with E-state index >= 15 is 0 Å². The third-order valence-electron chi connectivity index (χ3n) is 3.94. The van der Waals surface area contributed by atoms with Gasteiger partial charge in [0.25, 0.3) is 5.91 Å². The summed E-state index contributed by atoms with van der Waals surface area (Å²) in [6.45, 7) is 1.78. The molecule has 1 saturated heterocycles. The zero-order chi connectivity index (χ0) is 18.2. The van der Waals surface area contributed by atoms with E-state index in [-0.39, 0.29) is 23.4 Å². The Labute approximate surface area is 150 Å². The van der Waals surface area contributed by atoms with Gasteiger partial charge in [0, 0.05) is 22.7 Å². The van der Waals surface area contributed by atoms with Crippen LogP contribution in [0.3, 0.4) is 0 Å². The minimum atomic E-state index is -3.67. The molecule has 25 heavy (non-hydrogen) atoms. The van der Waals surface area contributed by atoms with Crippen LogP contribution >= 0.6 is 11.6 Å². The summed E-state index contributed by atoms with van der Waals surface area (Å²) in [6, 6.07) is 11.1. The predicted octanol–water partition coefficient (Wildman–Crippen LogP) is 2.97. The molecule has 0 saturated carbocycles. The SMILES string of the molecule is Cc1c(Cl)cccc1NC(=O)c1cccc(N2C(=O)CCS2(=O)=O)c1. The number of carbonyl (C=O) groups excluding carboxylic acids is 2. The van der Waals surface area contributed by atoms with E-state index in [1.807, 2.05) is 0 Å². The molecule has 1 fully saturated rings. The Hall–Kier alpha value is -2.38. The van der Waals surface area contributed by atoms with Crippen molar-refractivity contribution >= 4 is 44.8 Å². The second-order valence-corrected chi connectivity index (χ2v) is 7.99. The molecule has 1 N–H and O–H groups in total. The fourth-order valence-electron chi connectivity index (χ4n) is 2.58. The maximum absolute atomic E-state index is 12.5. The van der Waals surface area contributed by atoms with E-state index in [1.165, 1.54) is 18.2 Å². The Balaban J connectivity index is 1.90. The number of benzene rings is 2. The molecule has 0 bridgehead atoms. The van der Waals surface area contributed by atoms with Gasteiger partial charge in [0.05, 0.1) is 11.4 Å². The van der Waals surface area contributed by atoms with Crippen molar-refractivity contribution in [1.82, 2.24) is 0 Å². The quantitative estimate of drug-likeness (QED) is 0.889. The zero-order valence-electron chi connectivity index (χ0n) is 13.3. The van der Waals surface area contributed by atoms with Crippen LogP contribution in [-0.4, -0.2) is 26.0 Å². The van der Waals surface area contributed by atoms with Crippen LogP contribution in [0.2, 0.25) is 5.02 Å². The zero-order valence-corrected chi connectivity index (χ0v) is 14.9. The van der Waals surface area contributed by atoms with Crippen molar-refractivity contribution in [3.8, 4) is 0 Å². The van der Waals surface area contributed by atoms with Gasteiger partial charge in [0.1, 0.15) is 0 Å². The van der Waals surface area contributed by atoms with E-state index in [0.717, 1.165) is 9.87 Å². The summed E-state index contributed by atoms with van der Waals surface area (Å²) in [4.78, 5) is 24.4.